The van der Waals surface area contributed by atoms with Gasteiger partial charge in [-0.05, 0) is 68.2 Å². The van der Waals surface area contributed by atoms with Crippen LogP contribution in [0.1, 0.15) is 44.5 Å². The van der Waals surface area contributed by atoms with E-state index in [1.165, 1.54) is 22.8 Å². The molecule has 1 aliphatic rings. The molecule has 3 rings (SSSR count). The summed E-state index contributed by atoms with van der Waals surface area (Å²) >= 11 is 0. The number of nitrogens with zero attached hydrogens (tertiary/aromatic N) is 5. The minimum Gasteiger partial charge on any atom is -0.481 e. The van der Waals surface area contributed by atoms with Crippen molar-refractivity contribution in [3.05, 3.63) is 101 Å². The summed E-state index contributed by atoms with van der Waals surface area (Å²) in [5.41, 5.74) is 3.49. The standard InChI is InChI=1S/C29H32FN5O3/c1-4-10-21(5-2)19-34-20-23(18-31-33-34)22-14-15-25-26(17-22)32-27(12-7-8-13-28(36)37)35(29(25)38)24(6-3)11-9-16-30/h4-6,9-11,14-17,20H,3,7-8,12-13,18-19H2,1-2H3,(H,36,37)/b10-4-,16-9+,21-5+,24-11+. The van der Waals surface area contributed by atoms with E-state index in [1.54, 1.807) is 11.1 Å². The van der Waals surface area contributed by atoms with Crippen LogP contribution in [0.4, 0.5) is 4.39 Å². The highest BCUT2D eigenvalue weighted by Crippen LogP contribution is 2.24. The molecule has 0 aliphatic carbocycles. The number of hydrogen-bond donors (Lipinski definition) is 1. The smallest absolute Gasteiger partial charge is 0.303 e. The van der Waals surface area contributed by atoms with Crippen LogP contribution in [0.15, 0.2) is 94.5 Å². The molecule has 0 spiro atoms. The van der Waals surface area contributed by atoms with Gasteiger partial charge < -0.3 is 5.11 Å². The fourth-order valence-electron chi connectivity index (χ4n) is 4.11. The molecule has 1 aromatic heterocycles. The van der Waals surface area contributed by atoms with E-state index in [0.717, 1.165) is 16.7 Å². The molecule has 2 heterocycles. The summed E-state index contributed by atoms with van der Waals surface area (Å²) in [6.07, 6.45) is 13.8. The Bertz CT molecular complexity index is 1430. The summed E-state index contributed by atoms with van der Waals surface area (Å²) in [5.74, 6) is -0.427. The first kappa shape index (κ1) is 28.2. The SMILES string of the molecule is C=C/C(=C\C=C\F)n1c(CCCCC(=O)O)nc2cc(C3=CN(CC(/C=C\C)=C/C)N=NC3)ccc2c1=O. The lowest BCUT2D eigenvalue weighted by molar-refractivity contribution is -0.137. The van der Waals surface area contributed by atoms with Crippen molar-refractivity contribution in [2.45, 2.75) is 39.5 Å². The van der Waals surface area contributed by atoms with Gasteiger partial charge in [0.1, 0.15) is 5.82 Å². The van der Waals surface area contributed by atoms with E-state index in [4.69, 9.17) is 10.1 Å². The van der Waals surface area contributed by atoms with E-state index in [2.05, 4.69) is 16.9 Å². The van der Waals surface area contributed by atoms with Crippen molar-refractivity contribution in [1.29, 1.82) is 0 Å². The third kappa shape index (κ3) is 7.09. The number of allylic oxidation sites excluding steroid dienone is 6. The lowest BCUT2D eigenvalue weighted by atomic mass is 10.0. The van der Waals surface area contributed by atoms with Crippen LogP contribution in [0.2, 0.25) is 0 Å². The molecule has 0 saturated heterocycles. The fraction of sp³-hybridized carbons (Fsp3) is 0.276. The zero-order valence-electron chi connectivity index (χ0n) is 21.7. The van der Waals surface area contributed by atoms with E-state index in [0.29, 0.717) is 61.1 Å². The van der Waals surface area contributed by atoms with Crippen molar-refractivity contribution < 1.29 is 14.3 Å². The Balaban J connectivity index is 2.05. The van der Waals surface area contributed by atoms with Crippen LogP contribution in [-0.2, 0) is 11.2 Å². The molecule has 1 aliphatic heterocycles. The number of hydrogen-bond acceptors (Lipinski definition) is 6. The largest absolute Gasteiger partial charge is 0.481 e. The Kier molecular flexibility index (Phi) is 10.2. The quantitative estimate of drug-likeness (QED) is 0.265. The monoisotopic (exact) mass is 517 g/mol. The van der Waals surface area contributed by atoms with E-state index >= 15 is 0 Å². The number of carboxylic acids is 1. The minimum absolute atomic E-state index is 0.0267. The number of benzene rings is 1. The molecule has 1 N–H and O–H groups in total. The maximum absolute atomic E-state index is 13.6. The highest BCUT2D eigenvalue weighted by Gasteiger charge is 2.16. The van der Waals surface area contributed by atoms with E-state index < -0.39 is 5.97 Å². The second kappa shape index (κ2) is 13.8. The number of rotatable bonds is 12. The lowest BCUT2D eigenvalue weighted by Crippen LogP contribution is -2.24. The molecule has 198 valence electrons. The molecule has 1 aromatic carbocycles. The Morgan fingerprint density at radius 2 is 2.08 bits per heavy atom. The van der Waals surface area contributed by atoms with Crippen LogP contribution in [0.25, 0.3) is 22.2 Å². The van der Waals surface area contributed by atoms with Crippen molar-refractivity contribution in [3.63, 3.8) is 0 Å². The number of halogens is 1. The zero-order valence-corrected chi connectivity index (χ0v) is 21.7. The van der Waals surface area contributed by atoms with Gasteiger partial charge >= 0.3 is 5.97 Å². The van der Waals surface area contributed by atoms with Gasteiger partial charge in [0.25, 0.3) is 5.56 Å². The Morgan fingerprint density at radius 3 is 2.76 bits per heavy atom. The average molecular weight is 518 g/mol. The first-order chi connectivity index (χ1) is 18.4. The van der Waals surface area contributed by atoms with E-state index in [-0.39, 0.29) is 12.0 Å². The van der Waals surface area contributed by atoms with Crippen molar-refractivity contribution >= 4 is 28.1 Å². The molecule has 0 amide bonds. The summed E-state index contributed by atoms with van der Waals surface area (Å²) < 4.78 is 14.1. The minimum atomic E-state index is -0.877. The van der Waals surface area contributed by atoms with Crippen molar-refractivity contribution in [2.24, 2.45) is 10.3 Å². The Labute approximate surface area is 221 Å². The van der Waals surface area contributed by atoms with Crippen LogP contribution in [0.3, 0.4) is 0 Å². The van der Waals surface area contributed by atoms with Gasteiger partial charge in [0.15, 0.2) is 0 Å². The van der Waals surface area contributed by atoms with Crippen LogP contribution in [0.5, 0.6) is 0 Å². The summed E-state index contributed by atoms with van der Waals surface area (Å²) in [6, 6.07) is 5.44. The first-order valence-electron chi connectivity index (χ1n) is 12.4. The number of carbonyl (C=O) groups is 1. The third-order valence-corrected chi connectivity index (χ3v) is 5.98. The number of aliphatic carboxylic acids is 1. The zero-order chi connectivity index (χ0) is 27.5. The molecule has 38 heavy (non-hydrogen) atoms. The molecule has 0 bridgehead atoms. The third-order valence-electron chi connectivity index (χ3n) is 5.98. The Hall–Kier alpha value is -4.40. The van der Waals surface area contributed by atoms with Gasteiger partial charge in [0.2, 0.25) is 0 Å². The summed E-state index contributed by atoms with van der Waals surface area (Å²) in [5, 5.41) is 19.6. The summed E-state index contributed by atoms with van der Waals surface area (Å²) in [4.78, 5) is 29.3. The highest BCUT2D eigenvalue weighted by molar-refractivity contribution is 5.84. The number of carboxylic acid groups (broad SMARTS) is 1. The predicted octanol–water partition coefficient (Wildman–Crippen LogP) is 6.25. The average Bonchev–Trinajstić information content (AvgIpc) is 2.92. The molecule has 0 atom stereocenters. The number of fused-ring (bicyclic) bond motifs is 1. The molecule has 9 heteroatoms. The van der Waals surface area contributed by atoms with Crippen molar-refractivity contribution in [1.82, 2.24) is 14.6 Å². The number of aryl methyl sites for hydroxylation is 1. The summed E-state index contributed by atoms with van der Waals surface area (Å²) in [6.45, 7) is 8.68. The molecule has 8 nitrogen and oxygen atoms in total. The predicted molar refractivity (Wildman–Crippen MR) is 149 cm³/mol. The molecular weight excluding hydrogens is 485 g/mol. The van der Waals surface area contributed by atoms with Gasteiger partial charge in [-0.2, -0.15) is 5.11 Å². The van der Waals surface area contributed by atoms with Crippen LogP contribution < -0.4 is 5.56 Å². The molecule has 0 unspecified atom stereocenters. The molecule has 2 aromatic rings. The topological polar surface area (TPSA) is 100 Å². The van der Waals surface area contributed by atoms with Gasteiger partial charge in [-0.3, -0.25) is 14.2 Å². The van der Waals surface area contributed by atoms with Crippen molar-refractivity contribution in [2.75, 3.05) is 13.1 Å². The normalized spacial score (nSPS) is 14.6. The second-order valence-corrected chi connectivity index (χ2v) is 8.62. The lowest BCUT2D eigenvalue weighted by Gasteiger charge is -2.20. The Morgan fingerprint density at radius 1 is 1.26 bits per heavy atom. The van der Waals surface area contributed by atoms with E-state index in [9.17, 15) is 14.0 Å². The summed E-state index contributed by atoms with van der Waals surface area (Å²) in [7, 11) is 0. The number of unbranched alkanes of at least 4 members (excludes halogenated alkanes) is 1. The maximum atomic E-state index is 13.6. The maximum Gasteiger partial charge on any atom is 0.303 e. The van der Waals surface area contributed by atoms with Gasteiger partial charge in [-0.1, -0.05) is 36.1 Å². The van der Waals surface area contributed by atoms with E-state index in [1.807, 2.05) is 50.4 Å². The molecular formula is C29H32FN5O3. The van der Waals surface area contributed by atoms with Gasteiger partial charge in [-0.15, -0.1) is 0 Å². The first-order valence-corrected chi connectivity index (χ1v) is 12.4. The highest BCUT2D eigenvalue weighted by atomic mass is 19.1. The van der Waals surface area contributed by atoms with Crippen LogP contribution in [0, 0.1) is 0 Å². The van der Waals surface area contributed by atoms with Gasteiger partial charge in [0, 0.05) is 30.3 Å². The molecule has 0 radical (unpaired) electrons. The van der Waals surface area contributed by atoms with Gasteiger partial charge in [-0.25, -0.2) is 14.4 Å². The van der Waals surface area contributed by atoms with Gasteiger partial charge in [0.05, 0.1) is 30.3 Å². The van der Waals surface area contributed by atoms with Crippen LogP contribution >= 0.6 is 0 Å². The molecule has 0 fully saturated rings. The number of aromatic nitrogens is 2. The molecule has 0 saturated carbocycles. The fourth-order valence-corrected chi connectivity index (χ4v) is 4.11. The van der Waals surface area contributed by atoms with Crippen molar-refractivity contribution in [3.8, 4) is 0 Å². The second-order valence-electron chi connectivity index (χ2n) is 8.62. The van der Waals surface area contributed by atoms with Crippen LogP contribution in [-0.4, -0.2) is 38.7 Å².